The molecule has 0 aliphatic carbocycles. The molecule has 27 heavy (non-hydrogen) atoms. The Hall–Kier alpha value is -2.42. The second-order valence-electron chi connectivity index (χ2n) is 5.88. The van der Waals surface area contributed by atoms with Crippen LogP contribution in [0.3, 0.4) is 0 Å². The Kier molecular flexibility index (Phi) is 6.95. The van der Waals surface area contributed by atoms with Gasteiger partial charge in [0.05, 0.1) is 10.6 Å². The molecular weight excluding hydrogens is 392 g/mol. The highest BCUT2D eigenvalue weighted by Crippen LogP contribution is 2.21. The fourth-order valence-corrected chi connectivity index (χ4v) is 3.35. The lowest BCUT2D eigenvalue weighted by Crippen LogP contribution is -2.31. The third-order valence-electron chi connectivity index (χ3n) is 3.78. The van der Waals surface area contributed by atoms with E-state index in [-0.39, 0.29) is 21.4 Å². The van der Waals surface area contributed by atoms with Crippen LogP contribution in [0, 0.1) is 0 Å². The Morgan fingerprint density at radius 2 is 1.85 bits per heavy atom. The van der Waals surface area contributed by atoms with E-state index in [0.29, 0.717) is 6.54 Å². The standard InChI is InChI=1S/C18H19ClN2O5S/c1-12(13-5-3-2-4-6-13)10-21-17(22)11-26-18(23)14-7-8-15(19)16(9-14)27(20,24)25/h2-9,12H,10-11H2,1H3,(H,21,22)(H2,20,24,25)/t12-/m0/s1. The van der Waals surface area contributed by atoms with Crippen molar-refractivity contribution in [2.24, 2.45) is 5.14 Å². The van der Waals surface area contributed by atoms with Crippen LogP contribution in [-0.2, 0) is 19.6 Å². The molecule has 0 aliphatic heterocycles. The highest BCUT2D eigenvalue weighted by atomic mass is 35.5. The maximum atomic E-state index is 12.0. The van der Waals surface area contributed by atoms with Gasteiger partial charge in [-0.1, -0.05) is 48.9 Å². The summed E-state index contributed by atoms with van der Waals surface area (Å²) in [4.78, 5) is 23.5. The number of rotatable bonds is 7. The minimum atomic E-state index is -4.08. The SMILES string of the molecule is C[C@@H](CNC(=O)COC(=O)c1ccc(Cl)c(S(N)(=O)=O)c1)c1ccccc1. The number of nitrogens with two attached hydrogens (primary N) is 1. The molecule has 0 aromatic heterocycles. The van der Waals surface area contributed by atoms with Crippen LogP contribution in [-0.4, -0.2) is 33.4 Å². The summed E-state index contributed by atoms with van der Waals surface area (Å²) in [7, 11) is -4.08. The summed E-state index contributed by atoms with van der Waals surface area (Å²) in [6.07, 6.45) is 0. The maximum Gasteiger partial charge on any atom is 0.338 e. The fraction of sp³-hybridized carbons (Fsp3) is 0.222. The van der Waals surface area contributed by atoms with Crippen LogP contribution in [0.25, 0.3) is 0 Å². The first-order valence-electron chi connectivity index (χ1n) is 7.99. The molecule has 9 heteroatoms. The zero-order valence-corrected chi connectivity index (χ0v) is 16.1. The van der Waals surface area contributed by atoms with Crippen LogP contribution in [0.1, 0.15) is 28.8 Å². The quantitative estimate of drug-likeness (QED) is 0.678. The van der Waals surface area contributed by atoms with Gasteiger partial charge in [0, 0.05) is 6.54 Å². The van der Waals surface area contributed by atoms with Crippen molar-refractivity contribution in [1.82, 2.24) is 5.32 Å². The lowest BCUT2D eigenvalue weighted by Gasteiger charge is -2.13. The molecule has 144 valence electrons. The first kappa shape index (κ1) is 20.9. The first-order chi connectivity index (χ1) is 12.7. The molecule has 1 amide bonds. The molecule has 0 fully saturated rings. The van der Waals surface area contributed by atoms with Crippen LogP contribution >= 0.6 is 11.6 Å². The molecule has 1 atom stereocenters. The van der Waals surface area contributed by atoms with Crippen LogP contribution < -0.4 is 10.5 Å². The first-order valence-corrected chi connectivity index (χ1v) is 9.92. The van der Waals surface area contributed by atoms with Gasteiger partial charge >= 0.3 is 5.97 Å². The average Bonchev–Trinajstić information content (AvgIpc) is 2.64. The second kappa shape index (κ2) is 8.98. The molecule has 0 spiro atoms. The van der Waals surface area contributed by atoms with Gasteiger partial charge in [-0.3, -0.25) is 4.79 Å². The average molecular weight is 411 g/mol. The maximum absolute atomic E-state index is 12.0. The number of sulfonamides is 1. The van der Waals surface area contributed by atoms with Crippen LogP contribution in [0.5, 0.6) is 0 Å². The molecule has 7 nitrogen and oxygen atoms in total. The molecule has 0 bridgehead atoms. The van der Waals surface area contributed by atoms with Crippen molar-refractivity contribution < 1.29 is 22.7 Å². The normalized spacial score (nSPS) is 12.3. The number of primary sulfonamides is 1. The van der Waals surface area contributed by atoms with Gasteiger partial charge in [-0.05, 0) is 29.7 Å². The number of esters is 1. The topological polar surface area (TPSA) is 116 Å². The van der Waals surface area contributed by atoms with Gasteiger partial charge in [-0.2, -0.15) is 0 Å². The van der Waals surface area contributed by atoms with Gasteiger partial charge in [-0.15, -0.1) is 0 Å². The summed E-state index contributed by atoms with van der Waals surface area (Å²) in [6.45, 7) is 1.86. The molecule has 0 saturated heterocycles. The van der Waals surface area contributed by atoms with Crippen LogP contribution in [0.2, 0.25) is 5.02 Å². The molecule has 0 unspecified atom stereocenters. The number of ether oxygens (including phenoxy) is 1. The number of hydrogen-bond acceptors (Lipinski definition) is 5. The molecule has 2 aromatic rings. The number of carbonyl (C=O) groups excluding carboxylic acids is 2. The van der Waals surface area contributed by atoms with Gasteiger partial charge in [-0.25, -0.2) is 18.4 Å². The van der Waals surface area contributed by atoms with Gasteiger partial charge in [0.2, 0.25) is 10.0 Å². The van der Waals surface area contributed by atoms with E-state index in [2.05, 4.69) is 5.32 Å². The molecule has 2 aromatic carbocycles. The number of benzene rings is 2. The summed E-state index contributed by atoms with van der Waals surface area (Å²) in [5.74, 6) is -1.23. The molecule has 0 saturated carbocycles. The Labute approximate surface area is 162 Å². The number of nitrogens with one attached hydrogen (secondary N) is 1. The molecule has 0 aliphatic rings. The molecule has 2 rings (SSSR count). The van der Waals surface area contributed by atoms with Crippen molar-refractivity contribution >= 4 is 33.5 Å². The van der Waals surface area contributed by atoms with E-state index in [1.54, 1.807) is 0 Å². The van der Waals surface area contributed by atoms with Crippen molar-refractivity contribution in [3.8, 4) is 0 Å². The highest BCUT2D eigenvalue weighted by Gasteiger charge is 2.18. The Morgan fingerprint density at radius 3 is 2.48 bits per heavy atom. The predicted molar refractivity (Wildman–Crippen MR) is 101 cm³/mol. The summed E-state index contributed by atoms with van der Waals surface area (Å²) >= 11 is 5.76. The van der Waals surface area contributed by atoms with E-state index >= 15 is 0 Å². The molecule has 0 radical (unpaired) electrons. The third-order valence-corrected chi connectivity index (χ3v) is 5.17. The lowest BCUT2D eigenvalue weighted by molar-refractivity contribution is -0.124. The van der Waals surface area contributed by atoms with Gasteiger partial charge in [0.15, 0.2) is 6.61 Å². The molecule has 3 N–H and O–H groups in total. The Balaban J connectivity index is 1.89. The summed E-state index contributed by atoms with van der Waals surface area (Å²) < 4.78 is 27.8. The van der Waals surface area contributed by atoms with Crippen molar-refractivity contribution in [2.75, 3.05) is 13.2 Å². The van der Waals surface area contributed by atoms with E-state index in [4.69, 9.17) is 21.5 Å². The second-order valence-corrected chi connectivity index (χ2v) is 7.82. The van der Waals surface area contributed by atoms with Crippen molar-refractivity contribution in [2.45, 2.75) is 17.7 Å². The summed E-state index contributed by atoms with van der Waals surface area (Å²) in [6, 6.07) is 13.2. The minimum absolute atomic E-state index is 0.0751. The third kappa shape index (κ3) is 6.06. The van der Waals surface area contributed by atoms with E-state index in [0.717, 1.165) is 11.6 Å². The van der Waals surface area contributed by atoms with E-state index < -0.39 is 28.5 Å². The van der Waals surface area contributed by atoms with E-state index in [1.807, 2.05) is 37.3 Å². The van der Waals surface area contributed by atoms with Crippen molar-refractivity contribution in [3.05, 3.63) is 64.7 Å². The fourth-order valence-electron chi connectivity index (χ4n) is 2.28. The zero-order chi connectivity index (χ0) is 20.0. The summed E-state index contributed by atoms with van der Waals surface area (Å²) in [5.41, 5.74) is 1.00. The van der Waals surface area contributed by atoms with Crippen molar-refractivity contribution in [1.29, 1.82) is 0 Å². The number of halogens is 1. The van der Waals surface area contributed by atoms with Gasteiger partial charge < -0.3 is 10.1 Å². The number of hydrogen-bond donors (Lipinski definition) is 2. The molecular formula is C18H19ClN2O5S. The Morgan fingerprint density at radius 1 is 1.19 bits per heavy atom. The largest absolute Gasteiger partial charge is 0.452 e. The predicted octanol–water partition coefficient (Wildman–Crippen LogP) is 2.06. The summed E-state index contributed by atoms with van der Waals surface area (Å²) in [5, 5.41) is 7.61. The number of carbonyl (C=O) groups is 2. The smallest absolute Gasteiger partial charge is 0.338 e. The Bertz CT molecular complexity index is 932. The lowest BCUT2D eigenvalue weighted by atomic mass is 10.0. The van der Waals surface area contributed by atoms with Crippen LogP contribution in [0.4, 0.5) is 0 Å². The monoisotopic (exact) mass is 410 g/mol. The number of amides is 1. The van der Waals surface area contributed by atoms with Crippen LogP contribution in [0.15, 0.2) is 53.4 Å². The van der Waals surface area contributed by atoms with Gasteiger partial charge in [0.1, 0.15) is 4.90 Å². The highest BCUT2D eigenvalue weighted by molar-refractivity contribution is 7.89. The van der Waals surface area contributed by atoms with Gasteiger partial charge in [0.25, 0.3) is 5.91 Å². The van der Waals surface area contributed by atoms with Crippen molar-refractivity contribution in [3.63, 3.8) is 0 Å². The minimum Gasteiger partial charge on any atom is -0.452 e. The zero-order valence-electron chi connectivity index (χ0n) is 14.5. The van der Waals surface area contributed by atoms with E-state index in [9.17, 15) is 18.0 Å². The molecule has 0 heterocycles. The van der Waals surface area contributed by atoms with E-state index in [1.165, 1.54) is 12.1 Å².